The molecule has 0 saturated carbocycles. The van der Waals surface area contributed by atoms with Crippen molar-refractivity contribution in [2.24, 2.45) is 0 Å². The predicted molar refractivity (Wildman–Crippen MR) is 135 cm³/mol. The Hall–Kier alpha value is -2.92. The third-order valence-corrected chi connectivity index (χ3v) is 5.92. The van der Waals surface area contributed by atoms with Crippen molar-refractivity contribution < 1.29 is 19.1 Å². The minimum absolute atomic E-state index is 0.249. The number of halogens is 1. The van der Waals surface area contributed by atoms with Crippen LogP contribution in [0.5, 0.6) is 11.5 Å². The summed E-state index contributed by atoms with van der Waals surface area (Å²) in [4.78, 5) is 25.6. The van der Waals surface area contributed by atoms with Crippen LogP contribution in [0.4, 0.5) is 0 Å². The Bertz CT molecular complexity index is 1070. The molecule has 3 rings (SSSR count). The molecule has 0 saturated heterocycles. The smallest absolute Gasteiger partial charge is 0.343 e. The molecule has 3 aromatic rings. The number of aryl methyl sites for hydroxylation is 3. The van der Waals surface area contributed by atoms with Gasteiger partial charge in [-0.05, 0) is 69.0 Å². The minimum Gasteiger partial charge on any atom is -0.419 e. The summed E-state index contributed by atoms with van der Waals surface area (Å²) in [7, 11) is 0. The fourth-order valence-electron chi connectivity index (χ4n) is 3.41. The van der Waals surface area contributed by atoms with Crippen LogP contribution < -0.4 is 9.47 Å². The van der Waals surface area contributed by atoms with E-state index in [-0.39, 0.29) is 5.75 Å². The van der Waals surface area contributed by atoms with E-state index in [9.17, 15) is 9.59 Å². The van der Waals surface area contributed by atoms with Gasteiger partial charge in [-0.3, -0.25) is 0 Å². The van der Waals surface area contributed by atoms with E-state index in [2.05, 4.69) is 15.9 Å². The first-order valence-electron chi connectivity index (χ1n) is 11.2. The fraction of sp³-hybridized carbons (Fsp3) is 0.286. The summed E-state index contributed by atoms with van der Waals surface area (Å²) >= 11 is 3.46. The second kappa shape index (κ2) is 12.4. The van der Waals surface area contributed by atoms with E-state index in [0.717, 1.165) is 54.1 Å². The van der Waals surface area contributed by atoms with E-state index in [4.69, 9.17) is 9.47 Å². The van der Waals surface area contributed by atoms with Crippen LogP contribution >= 0.6 is 15.9 Å². The molecule has 5 heteroatoms. The predicted octanol–water partition coefficient (Wildman–Crippen LogP) is 7.24. The van der Waals surface area contributed by atoms with Gasteiger partial charge in [0.05, 0.1) is 11.1 Å². The van der Waals surface area contributed by atoms with Crippen molar-refractivity contribution in [1.82, 2.24) is 0 Å². The van der Waals surface area contributed by atoms with Gasteiger partial charge in [-0.15, -0.1) is 0 Å². The highest BCUT2D eigenvalue weighted by molar-refractivity contribution is 9.09. The summed E-state index contributed by atoms with van der Waals surface area (Å²) in [5.74, 6) is -0.408. The Labute approximate surface area is 204 Å². The van der Waals surface area contributed by atoms with Crippen molar-refractivity contribution in [2.45, 2.75) is 46.0 Å². The molecular weight excluding hydrogens is 480 g/mol. The van der Waals surface area contributed by atoms with Crippen LogP contribution in [-0.4, -0.2) is 17.3 Å². The van der Waals surface area contributed by atoms with Crippen molar-refractivity contribution in [3.8, 4) is 11.5 Å². The molecule has 3 aromatic carbocycles. The summed E-state index contributed by atoms with van der Waals surface area (Å²) in [5.41, 5.74) is 3.85. The lowest BCUT2D eigenvalue weighted by molar-refractivity contribution is 0.0681. The Morgan fingerprint density at radius 2 is 1.24 bits per heavy atom. The number of benzene rings is 3. The number of carbonyl (C=O) groups excluding carboxylic acids is 2. The SMILES string of the molecule is Cc1ccc(C(=O)Oc2cccc(CCCCCCBr)c2OC(=O)c2ccc(C)cc2)cc1. The van der Waals surface area contributed by atoms with Crippen LogP contribution in [0.2, 0.25) is 0 Å². The molecule has 0 N–H and O–H groups in total. The van der Waals surface area contributed by atoms with Crippen LogP contribution in [0.1, 0.15) is 63.1 Å². The number of esters is 2. The molecule has 33 heavy (non-hydrogen) atoms. The maximum Gasteiger partial charge on any atom is 0.343 e. The topological polar surface area (TPSA) is 52.6 Å². The van der Waals surface area contributed by atoms with Gasteiger partial charge in [0.15, 0.2) is 11.5 Å². The van der Waals surface area contributed by atoms with Gasteiger partial charge in [0.2, 0.25) is 0 Å². The van der Waals surface area contributed by atoms with Crippen molar-refractivity contribution in [3.63, 3.8) is 0 Å². The number of unbranched alkanes of at least 4 members (excludes halogenated alkanes) is 3. The van der Waals surface area contributed by atoms with Gasteiger partial charge in [-0.25, -0.2) is 9.59 Å². The van der Waals surface area contributed by atoms with Crippen molar-refractivity contribution in [3.05, 3.63) is 94.5 Å². The average molecular weight is 509 g/mol. The highest BCUT2D eigenvalue weighted by Crippen LogP contribution is 2.34. The third kappa shape index (κ3) is 7.29. The molecule has 172 valence electrons. The summed E-state index contributed by atoms with van der Waals surface area (Å²) in [6.07, 6.45) is 5.02. The van der Waals surface area contributed by atoms with E-state index in [1.807, 2.05) is 50.2 Å². The van der Waals surface area contributed by atoms with Gasteiger partial charge in [0, 0.05) is 5.33 Å². The lowest BCUT2D eigenvalue weighted by Crippen LogP contribution is -2.14. The Morgan fingerprint density at radius 1 is 0.697 bits per heavy atom. The fourth-order valence-corrected chi connectivity index (χ4v) is 3.80. The van der Waals surface area contributed by atoms with Crippen LogP contribution in [0.25, 0.3) is 0 Å². The summed E-state index contributed by atoms with van der Waals surface area (Å²) in [6, 6.07) is 19.8. The second-order valence-corrected chi connectivity index (χ2v) is 8.90. The number of hydrogen-bond donors (Lipinski definition) is 0. The molecule has 0 bridgehead atoms. The highest BCUT2D eigenvalue weighted by atomic mass is 79.9. The molecule has 0 aromatic heterocycles. The van der Waals surface area contributed by atoms with Crippen molar-refractivity contribution >= 4 is 27.9 Å². The van der Waals surface area contributed by atoms with Gasteiger partial charge in [-0.1, -0.05) is 76.3 Å². The first kappa shape index (κ1) is 24.7. The number of para-hydroxylation sites is 1. The summed E-state index contributed by atoms with van der Waals surface area (Å²) < 4.78 is 11.5. The summed E-state index contributed by atoms with van der Waals surface area (Å²) in [6.45, 7) is 3.92. The molecule has 0 aliphatic heterocycles. The molecule has 4 nitrogen and oxygen atoms in total. The van der Waals surface area contributed by atoms with E-state index >= 15 is 0 Å². The molecule has 0 unspecified atom stereocenters. The van der Waals surface area contributed by atoms with Crippen LogP contribution in [0.15, 0.2) is 66.7 Å². The maximum absolute atomic E-state index is 12.9. The van der Waals surface area contributed by atoms with Gasteiger partial charge >= 0.3 is 11.9 Å². The van der Waals surface area contributed by atoms with E-state index in [1.54, 1.807) is 30.3 Å². The van der Waals surface area contributed by atoms with Gasteiger partial charge in [0.25, 0.3) is 0 Å². The molecule has 0 aliphatic rings. The lowest BCUT2D eigenvalue weighted by Gasteiger charge is -2.15. The molecule has 0 heterocycles. The highest BCUT2D eigenvalue weighted by Gasteiger charge is 2.19. The van der Waals surface area contributed by atoms with Crippen LogP contribution in [0.3, 0.4) is 0 Å². The van der Waals surface area contributed by atoms with Gasteiger partial charge in [-0.2, -0.15) is 0 Å². The monoisotopic (exact) mass is 508 g/mol. The molecule has 0 amide bonds. The van der Waals surface area contributed by atoms with Gasteiger partial charge < -0.3 is 9.47 Å². The Morgan fingerprint density at radius 3 is 1.82 bits per heavy atom. The Kier molecular flexibility index (Phi) is 9.25. The number of rotatable bonds is 10. The Balaban J connectivity index is 1.84. The standard InChI is InChI=1S/C28H29BrO4/c1-20-11-15-23(16-12-20)27(30)32-25-10-7-9-22(8-5-3-4-6-19-29)26(25)33-28(31)24-17-13-21(2)14-18-24/h7,9-18H,3-6,8,19H2,1-2H3. The van der Waals surface area contributed by atoms with E-state index in [0.29, 0.717) is 16.9 Å². The first-order chi connectivity index (χ1) is 16.0. The zero-order valence-corrected chi connectivity index (χ0v) is 20.7. The quantitative estimate of drug-likeness (QED) is 0.125. The molecule has 0 spiro atoms. The number of carbonyl (C=O) groups is 2. The average Bonchev–Trinajstić information content (AvgIpc) is 2.81. The van der Waals surface area contributed by atoms with E-state index in [1.165, 1.54) is 0 Å². The zero-order valence-electron chi connectivity index (χ0n) is 19.1. The van der Waals surface area contributed by atoms with Crippen molar-refractivity contribution in [2.75, 3.05) is 5.33 Å². The number of alkyl halides is 1. The zero-order chi connectivity index (χ0) is 23.6. The number of ether oxygens (including phenoxy) is 2. The van der Waals surface area contributed by atoms with Crippen LogP contribution in [0, 0.1) is 13.8 Å². The van der Waals surface area contributed by atoms with Crippen LogP contribution in [-0.2, 0) is 6.42 Å². The number of hydrogen-bond acceptors (Lipinski definition) is 4. The maximum atomic E-state index is 12.9. The van der Waals surface area contributed by atoms with Crippen molar-refractivity contribution in [1.29, 1.82) is 0 Å². The molecular formula is C28H29BrO4. The first-order valence-corrected chi connectivity index (χ1v) is 12.4. The molecule has 0 aliphatic carbocycles. The molecule has 0 radical (unpaired) electrons. The van der Waals surface area contributed by atoms with E-state index < -0.39 is 11.9 Å². The normalized spacial score (nSPS) is 10.6. The summed E-state index contributed by atoms with van der Waals surface area (Å²) in [5, 5.41) is 0.997. The largest absolute Gasteiger partial charge is 0.419 e. The van der Waals surface area contributed by atoms with Gasteiger partial charge in [0.1, 0.15) is 0 Å². The minimum atomic E-state index is -0.489. The lowest BCUT2D eigenvalue weighted by atomic mass is 10.0. The third-order valence-electron chi connectivity index (χ3n) is 5.36. The molecule has 0 atom stereocenters. The second-order valence-electron chi connectivity index (χ2n) is 8.11. The molecule has 0 fully saturated rings.